The lowest BCUT2D eigenvalue weighted by Crippen LogP contribution is -2.46. The van der Waals surface area contributed by atoms with Crippen molar-refractivity contribution < 1.29 is 22.7 Å². The van der Waals surface area contributed by atoms with Crippen LogP contribution in [-0.2, 0) is 9.53 Å². The van der Waals surface area contributed by atoms with Crippen LogP contribution in [0.15, 0.2) is 11.6 Å². The zero-order chi connectivity index (χ0) is 14.0. The Morgan fingerprint density at radius 1 is 1.47 bits per heavy atom. The highest BCUT2D eigenvalue weighted by molar-refractivity contribution is 5.80. The van der Waals surface area contributed by atoms with Crippen LogP contribution in [0.1, 0.15) is 6.42 Å². The van der Waals surface area contributed by atoms with Crippen LogP contribution in [0.4, 0.5) is 13.2 Å². The van der Waals surface area contributed by atoms with Crippen molar-refractivity contribution in [1.29, 1.82) is 0 Å². The van der Waals surface area contributed by atoms with Crippen LogP contribution >= 0.6 is 0 Å². The number of rotatable bonds is 2. The number of carbonyl (C=O) groups is 1. The minimum atomic E-state index is -4.28. The van der Waals surface area contributed by atoms with Gasteiger partial charge in [0.2, 0.25) is 5.91 Å². The molecule has 4 nitrogen and oxygen atoms in total. The van der Waals surface area contributed by atoms with Gasteiger partial charge in [0.15, 0.2) is 0 Å². The molecule has 1 N–H and O–H groups in total. The molecule has 7 heteroatoms. The quantitative estimate of drug-likeness (QED) is 0.764. The van der Waals surface area contributed by atoms with E-state index in [9.17, 15) is 18.0 Å². The summed E-state index contributed by atoms with van der Waals surface area (Å²) in [6, 6.07) is -0.0551. The van der Waals surface area contributed by atoms with Crippen molar-refractivity contribution in [3.8, 4) is 0 Å². The number of halogens is 3. The van der Waals surface area contributed by atoms with Gasteiger partial charge in [0.1, 0.15) is 0 Å². The zero-order valence-corrected chi connectivity index (χ0v) is 10.7. The molecule has 2 atom stereocenters. The van der Waals surface area contributed by atoms with E-state index < -0.39 is 11.7 Å². The van der Waals surface area contributed by atoms with Gasteiger partial charge in [-0.3, -0.25) is 4.79 Å². The van der Waals surface area contributed by atoms with Gasteiger partial charge in [-0.25, -0.2) is 0 Å². The van der Waals surface area contributed by atoms with E-state index in [0.29, 0.717) is 13.2 Å². The van der Waals surface area contributed by atoms with Crippen LogP contribution in [0.2, 0.25) is 0 Å². The number of nitrogens with one attached hydrogen (secondary N) is 1. The molecular formula is C12H17F3N2O2. The van der Waals surface area contributed by atoms with E-state index >= 15 is 0 Å². The summed E-state index contributed by atoms with van der Waals surface area (Å²) < 4.78 is 42.7. The Kier molecular flexibility index (Phi) is 4.15. The molecule has 2 aliphatic rings. The van der Waals surface area contributed by atoms with Crippen molar-refractivity contribution in [2.75, 3.05) is 33.4 Å². The van der Waals surface area contributed by atoms with Gasteiger partial charge >= 0.3 is 6.18 Å². The molecule has 2 unspecified atom stereocenters. The number of amides is 1. The summed E-state index contributed by atoms with van der Waals surface area (Å²) in [4.78, 5) is 13.7. The highest BCUT2D eigenvalue weighted by Gasteiger charge is 2.39. The summed E-state index contributed by atoms with van der Waals surface area (Å²) >= 11 is 0. The molecule has 108 valence electrons. The average Bonchev–Trinajstić information content (AvgIpc) is 2.85. The van der Waals surface area contributed by atoms with Crippen LogP contribution in [0, 0.1) is 5.92 Å². The molecule has 0 radical (unpaired) electrons. The molecule has 1 saturated heterocycles. The van der Waals surface area contributed by atoms with Gasteiger partial charge in [-0.05, 0) is 13.5 Å². The highest BCUT2D eigenvalue weighted by Crippen LogP contribution is 2.30. The fourth-order valence-corrected chi connectivity index (χ4v) is 2.44. The molecule has 19 heavy (non-hydrogen) atoms. The first-order valence-electron chi connectivity index (χ1n) is 6.23. The Morgan fingerprint density at radius 3 is 2.74 bits per heavy atom. The van der Waals surface area contributed by atoms with E-state index in [1.807, 2.05) is 0 Å². The first-order valence-corrected chi connectivity index (χ1v) is 6.23. The molecular weight excluding hydrogens is 261 g/mol. The third kappa shape index (κ3) is 3.09. The van der Waals surface area contributed by atoms with Crippen LogP contribution in [0.5, 0.6) is 0 Å². The van der Waals surface area contributed by atoms with Crippen molar-refractivity contribution in [2.45, 2.75) is 18.6 Å². The van der Waals surface area contributed by atoms with Gasteiger partial charge in [0, 0.05) is 24.7 Å². The lowest BCUT2D eigenvalue weighted by Gasteiger charge is -2.30. The molecule has 0 aromatic rings. The smallest absolute Gasteiger partial charge is 0.379 e. The van der Waals surface area contributed by atoms with E-state index in [1.54, 1.807) is 7.05 Å². The predicted octanol–water partition coefficient (Wildman–Crippen LogP) is 0.942. The summed E-state index contributed by atoms with van der Waals surface area (Å²) in [7, 11) is 1.75. The Morgan fingerprint density at radius 2 is 2.21 bits per heavy atom. The van der Waals surface area contributed by atoms with E-state index in [0.717, 1.165) is 6.08 Å². The summed E-state index contributed by atoms with van der Waals surface area (Å²) in [6.45, 7) is 0.943. The molecule has 0 saturated carbocycles. The first kappa shape index (κ1) is 14.3. The summed E-state index contributed by atoms with van der Waals surface area (Å²) in [5, 5.41) is 3.00. The molecule has 0 aromatic heterocycles. The molecule has 2 heterocycles. The molecule has 2 rings (SSSR count). The van der Waals surface area contributed by atoms with E-state index in [2.05, 4.69) is 5.32 Å². The average molecular weight is 278 g/mol. The normalized spacial score (nSPS) is 28.4. The van der Waals surface area contributed by atoms with Crippen molar-refractivity contribution in [1.82, 2.24) is 10.2 Å². The fourth-order valence-electron chi connectivity index (χ4n) is 2.44. The molecule has 0 aliphatic carbocycles. The van der Waals surface area contributed by atoms with Crippen LogP contribution in [0.25, 0.3) is 0 Å². The topological polar surface area (TPSA) is 41.6 Å². The van der Waals surface area contributed by atoms with E-state index in [-0.39, 0.29) is 37.4 Å². The Bertz CT molecular complexity index is 382. The van der Waals surface area contributed by atoms with Gasteiger partial charge in [0.05, 0.1) is 19.1 Å². The summed E-state index contributed by atoms with van der Waals surface area (Å²) in [6.07, 6.45) is -3.31. The monoisotopic (exact) mass is 278 g/mol. The van der Waals surface area contributed by atoms with Crippen molar-refractivity contribution in [2.24, 2.45) is 5.92 Å². The third-order valence-corrected chi connectivity index (χ3v) is 3.65. The molecule has 1 fully saturated rings. The van der Waals surface area contributed by atoms with Crippen molar-refractivity contribution in [3.63, 3.8) is 0 Å². The number of carbonyl (C=O) groups excluding carboxylic acids is 1. The van der Waals surface area contributed by atoms with Crippen molar-refractivity contribution in [3.05, 3.63) is 11.6 Å². The number of alkyl halides is 3. The number of hydrogen-bond acceptors (Lipinski definition) is 3. The Hall–Kier alpha value is -1.08. The van der Waals surface area contributed by atoms with Gasteiger partial charge in [-0.1, -0.05) is 6.08 Å². The van der Waals surface area contributed by atoms with Gasteiger partial charge in [-0.2, -0.15) is 13.2 Å². The number of hydrogen-bond donors (Lipinski definition) is 1. The SMILES string of the molecule is CNC1COCC1C(=O)N1CC=C(C(F)(F)F)CC1. The maximum Gasteiger partial charge on any atom is 0.412 e. The molecule has 1 amide bonds. The number of likely N-dealkylation sites (N-methyl/N-ethyl adjacent to an activating group) is 1. The first-order chi connectivity index (χ1) is 8.93. The second-order valence-electron chi connectivity index (χ2n) is 4.80. The van der Waals surface area contributed by atoms with E-state index in [4.69, 9.17) is 4.74 Å². The fraction of sp³-hybridized carbons (Fsp3) is 0.750. The standard InChI is InChI=1S/C12H17F3N2O2/c1-16-10-7-19-6-9(10)11(18)17-4-2-8(3-5-17)12(13,14)15/h2,9-10,16H,3-7H2,1H3. The predicted molar refractivity (Wildman–Crippen MR) is 62.5 cm³/mol. The van der Waals surface area contributed by atoms with Crippen molar-refractivity contribution >= 4 is 5.91 Å². The van der Waals surface area contributed by atoms with Gasteiger partial charge in [0.25, 0.3) is 0 Å². The number of nitrogens with zero attached hydrogens (tertiary/aromatic N) is 1. The second-order valence-corrected chi connectivity index (χ2v) is 4.80. The lowest BCUT2D eigenvalue weighted by atomic mass is 10.00. The Balaban J connectivity index is 1.98. The lowest BCUT2D eigenvalue weighted by molar-refractivity contribution is -0.136. The molecule has 0 spiro atoms. The maximum absolute atomic E-state index is 12.5. The zero-order valence-electron chi connectivity index (χ0n) is 10.7. The second kappa shape index (κ2) is 5.50. The van der Waals surface area contributed by atoms with Gasteiger partial charge in [-0.15, -0.1) is 0 Å². The van der Waals surface area contributed by atoms with E-state index in [1.165, 1.54) is 4.90 Å². The summed E-state index contributed by atoms with van der Waals surface area (Å²) in [5.41, 5.74) is -0.538. The maximum atomic E-state index is 12.5. The molecule has 2 aliphatic heterocycles. The highest BCUT2D eigenvalue weighted by atomic mass is 19.4. The largest absolute Gasteiger partial charge is 0.412 e. The van der Waals surface area contributed by atoms with Crippen LogP contribution in [-0.4, -0.2) is 56.4 Å². The van der Waals surface area contributed by atoms with Crippen LogP contribution in [0.3, 0.4) is 0 Å². The molecule has 0 bridgehead atoms. The summed E-state index contributed by atoms with van der Waals surface area (Å²) in [5.74, 6) is -0.430. The minimum absolute atomic E-state index is 0.0284. The minimum Gasteiger partial charge on any atom is -0.379 e. The Labute approximate surface area is 109 Å². The molecule has 0 aromatic carbocycles. The number of ether oxygens (including phenoxy) is 1. The van der Waals surface area contributed by atoms with Crippen LogP contribution < -0.4 is 5.32 Å². The van der Waals surface area contributed by atoms with Gasteiger partial charge < -0.3 is 15.0 Å². The third-order valence-electron chi connectivity index (χ3n) is 3.65.